The number of rotatable bonds is 7. The molecule has 0 saturated carbocycles. The molecule has 32 heavy (non-hydrogen) atoms. The molecule has 2 aliphatic rings. The molecule has 3 rings (SSSR count). The van der Waals surface area contributed by atoms with E-state index in [0.717, 1.165) is 64.0 Å². The number of aromatic nitrogens is 1. The molecule has 0 bridgehead atoms. The van der Waals surface area contributed by atoms with Crippen molar-refractivity contribution in [3.63, 3.8) is 0 Å². The fraction of sp³-hybridized carbons (Fsp3) is 0.652. The van der Waals surface area contributed by atoms with E-state index in [1.807, 2.05) is 19.1 Å². The molecule has 1 aromatic heterocycles. The molecule has 9 nitrogen and oxygen atoms in total. The van der Waals surface area contributed by atoms with Crippen molar-refractivity contribution in [3.05, 3.63) is 30.1 Å². The van der Waals surface area contributed by atoms with Crippen molar-refractivity contribution in [2.24, 2.45) is 5.92 Å². The molecule has 2 fully saturated rings. The summed E-state index contributed by atoms with van der Waals surface area (Å²) in [4.78, 5) is 39.9. The number of carbonyl (C=O) groups is 3. The second-order valence-corrected chi connectivity index (χ2v) is 8.26. The van der Waals surface area contributed by atoms with Crippen LogP contribution in [0.15, 0.2) is 24.5 Å². The number of nitrogens with zero attached hydrogens (tertiary/aromatic N) is 2. The zero-order valence-corrected chi connectivity index (χ0v) is 18.9. The summed E-state index contributed by atoms with van der Waals surface area (Å²) in [6.07, 6.45) is 8.49. The molecular weight excluding hydrogens is 412 g/mol. The molecule has 0 aliphatic carbocycles. The van der Waals surface area contributed by atoms with Gasteiger partial charge in [-0.25, -0.2) is 0 Å². The van der Waals surface area contributed by atoms with E-state index in [4.69, 9.17) is 14.6 Å². The number of likely N-dealkylation sites (tertiary alicyclic amines) is 1. The Labute approximate surface area is 189 Å². The first-order valence-electron chi connectivity index (χ1n) is 11.4. The lowest BCUT2D eigenvalue weighted by molar-refractivity contribution is -0.126. The van der Waals surface area contributed by atoms with Gasteiger partial charge in [-0.15, -0.1) is 0 Å². The molecule has 2 saturated heterocycles. The lowest BCUT2D eigenvalue weighted by Gasteiger charge is -2.36. The standard InChI is InChI=1S/C22H34N4O3.CH2O2/c1-2-3-21(27)25-19-5-4-18(15-26(16-19)20-8-12-29-13-9-20)22(28)24-14-17-6-10-23-11-7-17;2-1-3/h6-7,10-11,18-20H,2-5,8-9,12-16H2,1H3,(H,24,28)(H,25,27);1H,(H,2,3)/t18-,19+;/m1./s1. The molecule has 178 valence electrons. The van der Waals surface area contributed by atoms with Gasteiger partial charge in [-0.3, -0.25) is 24.3 Å². The Morgan fingerprint density at radius 3 is 2.53 bits per heavy atom. The van der Waals surface area contributed by atoms with E-state index in [-0.39, 0.29) is 30.2 Å². The highest BCUT2D eigenvalue weighted by Crippen LogP contribution is 2.23. The number of carbonyl (C=O) groups excluding carboxylic acids is 2. The fourth-order valence-electron chi connectivity index (χ4n) is 4.27. The Kier molecular flexibility index (Phi) is 11.7. The average Bonchev–Trinajstić information content (AvgIpc) is 3.02. The van der Waals surface area contributed by atoms with Crippen molar-refractivity contribution in [1.82, 2.24) is 20.5 Å². The third-order valence-electron chi connectivity index (χ3n) is 5.91. The minimum atomic E-state index is -0.250. The van der Waals surface area contributed by atoms with Crippen LogP contribution in [0, 0.1) is 5.92 Å². The number of hydrogen-bond acceptors (Lipinski definition) is 6. The molecular formula is C23H36N4O5. The van der Waals surface area contributed by atoms with Gasteiger partial charge in [0.2, 0.25) is 11.8 Å². The van der Waals surface area contributed by atoms with Gasteiger partial charge in [0.05, 0.1) is 5.92 Å². The van der Waals surface area contributed by atoms with Gasteiger partial charge >= 0.3 is 0 Å². The van der Waals surface area contributed by atoms with Gasteiger partial charge in [-0.1, -0.05) is 6.92 Å². The van der Waals surface area contributed by atoms with Crippen molar-refractivity contribution in [2.45, 2.75) is 64.1 Å². The molecule has 0 spiro atoms. The van der Waals surface area contributed by atoms with Crippen LogP contribution in [0.2, 0.25) is 0 Å². The second-order valence-electron chi connectivity index (χ2n) is 8.26. The molecule has 2 aliphatic heterocycles. The molecule has 1 aromatic rings. The van der Waals surface area contributed by atoms with Crippen molar-refractivity contribution in [1.29, 1.82) is 0 Å². The lowest BCUT2D eigenvalue weighted by Crippen LogP contribution is -2.49. The van der Waals surface area contributed by atoms with E-state index < -0.39 is 0 Å². The summed E-state index contributed by atoms with van der Waals surface area (Å²) in [5, 5.41) is 13.2. The smallest absolute Gasteiger partial charge is 0.290 e. The maximum atomic E-state index is 12.9. The number of carboxylic acid groups (broad SMARTS) is 1. The summed E-state index contributed by atoms with van der Waals surface area (Å²) in [5.74, 6) is 0.150. The fourth-order valence-corrected chi connectivity index (χ4v) is 4.27. The summed E-state index contributed by atoms with van der Waals surface area (Å²) < 4.78 is 5.53. The Morgan fingerprint density at radius 1 is 1.19 bits per heavy atom. The van der Waals surface area contributed by atoms with Gasteiger partial charge in [0.15, 0.2) is 0 Å². The Bertz CT molecular complexity index is 697. The van der Waals surface area contributed by atoms with Gasteiger partial charge in [-0.05, 0) is 49.8 Å². The maximum Gasteiger partial charge on any atom is 0.290 e. The van der Waals surface area contributed by atoms with E-state index >= 15 is 0 Å². The number of ether oxygens (including phenoxy) is 1. The van der Waals surface area contributed by atoms with Crippen LogP contribution in [0.1, 0.15) is 51.0 Å². The third kappa shape index (κ3) is 8.92. The summed E-state index contributed by atoms with van der Waals surface area (Å²) in [5.41, 5.74) is 1.05. The van der Waals surface area contributed by atoms with Crippen LogP contribution in [0.25, 0.3) is 0 Å². The second kappa shape index (κ2) is 14.5. The molecule has 3 N–H and O–H groups in total. The minimum Gasteiger partial charge on any atom is -0.483 e. The predicted molar refractivity (Wildman–Crippen MR) is 120 cm³/mol. The van der Waals surface area contributed by atoms with Crippen LogP contribution in [0.4, 0.5) is 0 Å². The Hall–Kier alpha value is -2.52. The largest absolute Gasteiger partial charge is 0.483 e. The van der Waals surface area contributed by atoms with Crippen LogP contribution >= 0.6 is 0 Å². The van der Waals surface area contributed by atoms with E-state index in [1.165, 1.54) is 0 Å². The highest BCUT2D eigenvalue weighted by Gasteiger charge is 2.33. The minimum absolute atomic E-state index is 0.0623. The zero-order chi connectivity index (χ0) is 23.2. The Morgan fingerprint density at radius 2 is 1.88 bits per heavy atom. The molecule has 2 atom stereocenters. The summed E-state index contributed by atoms with van der Waals surface area (Å²) >= 11 is 0. The summed E-state index contributed by atoms with van der Waals surface area (Å²) in [7, 11) is 0. The lowest BCUT2D eigenvalue weighted by atomic mass is 10.00. The van der Waals surface area contributed by atoms with E-state index in [2.05, 4.69) is 20.5 Å². The number of amides is 2. The highest BCUT2D eigenvalue weighted by molar-refractivity contribution is 5.79. The van der Waals surface area contributed by atoms with Gasteiger partial charge in [0, 0.05) is 63.7 Å². The molecule has 0 unspecified atom stereocenters. The van der Waals surface area contributed by atoms with Crippen molar-refractivity contribution in [3.8, 4) is 0 Å². The van der Waals surface area contributed by atoms with Gasteiger partial charge in [0.25, 0.3) is 6.47 Å². The first-order chi connectivity index (χ1) is 15.6. The van der Waals surface area contributed by atoms with Crippen LogP contribution in [0.5, 0.6) is 0 Å². The SMILES string of the molecule is CCCC(=O)N[C@H]1CC[C@@H](C(=O)NCc2ccncc2)CN(C2CCOCC2)C1.O=CO. The van der Waals surface area contributed by atoms with E-state index in [9.17, 15) is 9.59 Å². The van der Waals surface area contributed by atoms with Crippen LogP contribution < -0.4 is 10.6 Å². The molecule has 9 heteroatoms. The van der Waals surface area contributed by atoms with Crippen LogP contribution in [0.3, 0.4) is 0 Å². The quantitative estimate of drug-likeness (QED) is 0.542. The summed E-state index contributed by atoms with van der Waals surface area (Å²) in [6, 6.07) is 4.36. The molecule has 0 aromatic carbocycles. The van der Waals surface area contributed by atoms with Crippen LogP contribution in [-0.4, -0.2) is 71.7 Å². The first-order valence-corrected chi connectivity index (χ1v) is 11.4. The zero-order valence-electron chi connectivity index (χ0n) is 18.9. The van der Waals surface area contributed by atoms with Crippen molar-refractivity contribution >= 4 is 18.3 Å². The molecule has 3 heterocycles. The topological polar surface area (TPSA) is 121 Å². The third-order valence-corrected chi connectivity index (χ3v) is 5.91. The van der Waals surface area contributed by atoms with E-state index in [1.54, 1.807) is 12.4 Å². The normalized spacial score (nSPS) is 22.0. The number of pyridine rings is 1. The Balaban J connectivity index is 0.00000114. The average molecular weight is 449 g/mol. The highest BCUT2D eigenvalue weighted by atomic mass is 16.5. The van der Waals surface area contributed by atoms with Crippen molar-refractivity contribution < 1.29 is 24.2 Å². The number of hydrogen-bond donors (Lipinski definition) is 3. The maximum absolute atomic E-state index is 12.9. The molecule has 0 radical (unpaired) electrons. The van der Waals surface area contributed by atoms with Gasteiger partial charge in [0.1, 0.15) is 0 Å². The number of nitrogens with one attached hydrogen (secondary N) is 2. The van der Waals surface area contributed by atoms with Crippen LogP contribution in [-0.2, 0) is 25.7 Å². The van der Waals surface area contributed by atoms with Gasteiger partial charge < -0.3 is 20.5 Å². The van der Waals surface area contributed by atoms with Gasteiger partial charge in [-0.2, -0.15) is 0 Å². The summed E-state index contributed by atoms with van der Waals surface area (Å²) in [6.45, 7) is 5.39. The monoisotopic (exact) mass is 448 g/mol. The van der Waals surface area contributed by atoms with E-state index in [0.29, 0.717) is 19.0 Å². The van der Waals surface area contributed by atoms with Crippen molar-refractivity contribution in [2.75, 3.05) is 26.3 Å². The predicted octanol–water partition coefficient (Wildman–Crippen LogP) is 1.57. The first kappa shape index (κ1) is 25.7. The molecule has 2 amide bonds.